The fourth-order valence-electron chi connectivity index (χ4n) is 2.41. The number of H-pyrrole nitrogens is 1. The molecule has 3 nitrogen and oxygen atoms in total. The summed E-state index contributed by atoms with van der Waals surface area (Å²) in [5.74, 6) is 0.929. The van der Waals surface area contributed by atoms with Gasteiger partial charge in [0.25, 0.3) is 0 Å². The van der Waals surface area contributed by atoms with Crippen LogP contribution in [0.3, 0.4) is 0 Å². The van der Waals surface area contributed by atoms with Crippen molar-refractivity contribution in [3.05, 3.63) is 30.0 Å². The van der Waals surface area contributed by atoms with E-state index in [2.05, 4.69) is 37.2 Å². The van der Waals surface area contributed by atoms with Crippen LogP contribution in [-0.2, 0) is 6.42 Å². The lowest BCUT2D eigenvalue weighted by Crippen LogP contribution is -3.11. The van der Waals surface area contributed by atoms with E-state index in [0.717, 1.165) is 12.2 Å². The highest BCUT2D eigenvalue weighted by atomic mass is 16.5. The molecule has 0 aliphatic heterocycles. The van der Waals surface area contributed by atoms with Gasteiger partial charge < -0.3 is 14.6 Å². The first-order chi connectivity index (χ1) is 8.78. The second-order valence-corrected chi connectivity index (χ2v) is 4.68. The van der Waals surface area contributed by atoms with Crippen LogP contribution >= 0.6 is 0 Å². The van der Waals surface area contributed by atoms with E-state index in [4.69, 9.17) is 4.74 Å². The second-order valence-electron chi connectivity index (χ2n) is 4.68. The zero-order valence-electron chi connectivity index (χ0n) is 11.5. The normalized spacial score (nSPS) is 11.3. The first-order valence-electron chi connectivity index (χ1n) is 6.76. The van der Waals surface area contributed by atoms with Crippen LogP contribution in [0.4, 0.5) is 0 Å². The standard InChI is InChI=1S/C15H22N2O/c1-4-17(5-2)9-8-12-11-16-15-7-6-13(18-3)10-14(12)15/h6-7,10-11,16H,4-5,8-9H2,1-3H3/p+1. The van der Waals surface area contributed by atoms with Crippen LogP contribution in [-0.4, -0.2) is 31.7 Å². The van der Waals surface area contributed by atoms with Gasteiger partial charge in [0.15, 0.2) is 0 Å². The number of likely N-dealkylation sites (N-methyl/N-ethyl adjacent to an activating group) is 1. The van der Waals surface area contributed by atoms with Crippen molar-refractivity contribution in [1.82, 2.24) is 4.98 Å². The summed E-state index contributed by atoms with van der Waals surface area (Å²) < 4.78 is 5.30. The topological polar surface area (TPSA) is 29.5 Å². The Balaban J connectivity index is 2.17. The minimum absolute atomic E-state index is 0.929. The zero-order valence-corrected chi connectivity index (χ0v) is 11.5. The molecule has 0 fully saturated rings. The van der Waals surface area contributed by atoms with E-state index in [1.165, 1.54) is 36.1 Å². The highest BCUT2D eigenvalue weighted by Gasteiger charge is 2.08. The Morgan fingerprint density at radius 1 is 1.22 bits per heavy atom. The second kappa shape index (κ2) is 5.91. The van der Waals surface area contributed by atoms with E-state index in [9.17, 15) is 0 Å². The minimum atomic E-state index is 0.929. The summed E-state index contributed by atoms with van der Waals surface area (Å²) in [6.07, 6.45) is 3.25. The van der Waals surface area contributed by atoms with Crippen molar-refractivity contribution < 1.29 is 9.64 Å². The first-order valence-corrected chi connectivity index (χ1v) is 6.76. The molecule has 0 unspecified atom stereocenters. The number of nitrogens with one attached hydrogen (secondary N) is 2. The van der Waals surface area contributed by atoms with Gasteiger partial charge in [-0.2, -0.15) is 0 Å². The average molecular weight is 247 g/mol. The number of benzene rings is 1. The molecule has 2 aromatic rings. The average Bonchev–Trinajstić information content (AvgIpc) is 2.82. The maximum Gasteiger partial charge on any atom is 0.119 e. The van der Waals surface area contributed by atoms with Gasteiger partial charge in [-0.05, 0) is 37.6 Å². The molecular weight excluding hydrogens is 224 g/mol. The van der Waals surface area contributed by atoms with Gasteiger partial charge in [0, 0.05) is 23.5 Å². The molecule has 1 heterocycles. The molecular formula is C15H23N2O+. The molecule has 0 saturated heterocycles. The van der Waals surface area contributed by atoms with E-state index in [-0.39, 0.29) is 0 Å². The van der Waals surface area contributed by atoms with Crippen molar-refractivity contribution in [2.24, 2.45) is 0 Å². The minimum Gasteiger partial charge on any atom is -0.497 e. The van der Waals surface area contributed by atoms with Crippen LogP contribution in [0.5, 0.6) is 5.75 Å². The van der Waals surface area contributed by atoms with Gasteiger partial charge in [0.2, 0.25) is 0 Å². The van der Waals surface area contributed by atoms with Crippen molar-refractivity contribution in [1.29, 1.82) is 0 Å². The molecule has 0 radical (unpaired) electrons. The monoisotopic (exact) mass is 247 g/mol. The maximum atomic E-state index is 5.30. The molecule has 1 aromatic carbocycles. The Bertz CT molecular complexity index is 500. The Hall–Kier alpha value is -1.48. The molecule has 0 spiro atoms. The third-order valence-electron chi connectivity index (χ3n) is 3.72. The summed E-state index contributed by atoms with van der Waals surface area (Å²) in [4.78, 5) is 4.98. The van der Waals surface area contributed by atoms with Crippen LogP contribution in [0.25, 0.3) is 10.9 Å². The molecule has 98 valence electrons. The molecule has 1 aromatic heterocycles. The van der Waals surface area contributed by atoms with E-state index < -0.39 is 0 Å². The summed E-state index contributed by atoms with van der Waals surface area (Å²) in [5.41, 5.74) is 2.59. The number of methoxy groups -OCH3 is 1. The summed E-state index contributed by atoms with van der Waals surface area (Å²) >= 11 is 0. The molecule has 2 N–H and O–H groups in total. The fraction of sp³-hybridized carbons (Fsp3) is 0.467. The van der Waals surface area contributed by atoms with Crippen LogP contribution in [0.2, 0.25) is 0 Å². The van der Waals surface area contributed by atoms with Crippen LogP contribution in [0, 0.1) is 0 Å². The number of aromatic amines is 1. The lowest BCUT2D eigenvalue weighted by Gasteiger charge is -2.14. The number of ether oxygens (including phenoxy) is 1. The quantitative estimate of drug-likeness (QED) is 0.798. The van der Waals surface area contributed by atoms with Gasteiger partial charge in [-0.25, -0.2) is 0 Å². The number of rotatable bonds is 6. The van der Waals surface area contributed by atoms with E-state index >= 15 is 0 Å². The molecule has 3 heteroatoms. The van der Waals surface area contributed by atoms with Crippen LogP contribution in [0.1, 0.15) is 19.4 Å². The maximum absolute atomic E-state index is 5.30. The van der Waals surface area contributed by atoms with Crippen molar-refractivity contribution >= 4 is 10.9 Å². The van der Waals surface area contributed by atoms with Gasteiger partial charge in [-0.1, -0.05) is 0 Å². The van der Waals surface area contributed by atoms with E-state index in [1.54, 1.807) is 12.0 Å². The Morgan fingerprint density at radius 2 is 2.00 bits per heavy atom. The number of fused-ring (bicyclic) bond motifs is 1. The smallest absolute Gasteiger partial charge is 0.119 e. The van der Waals surface area contributed by atoms with Crippen molar-refractivity contribution in [3.8, 4) is 5.75 Å². The fourth-order valence-corrected chi connectivity index (χ4v) is 2.41. The lowest BCUT2D eigenvalue weighted by atomic mass is 10.1. The predicted octanol–water partition coefficient (Wildman–Crippen LogP) is 1.64. The number of quaternary nitrogens is 1. The lowest BCUT2D eigenvalue weighted by molar-refractivity contribution is -0.896. The predicted molar refractivity (Wildman–Crippen MR) is 75.5 cm³/mol. The molecule has 0 bridgehead atoms. The zero-order chi connectivity index (χ0) is 13.0. The Labute approximate surface area is 109 Å². The Morgan fingerprint density at radius 3 is 2.67 bits per heavy atom. The van der Waals surface area contributed by atoms with E-state index in [0.29, 0.717) is 0 Å². The van der Waals surface area contributed by atoms with Gasteiger partial charge >= 0.3 is 0 Å². The molecule has 0 aliphatic carbocycles. The van der Waals surface area contributed by atoms with Crippen LogP contribution < -0.4 is 9.64 Å². The molecule has 0 atom stereocenters. The molecule has 0 amide bonds. The largest absolute Gasteiger partial charge is 0.497 e. The molecule has 0 saturated carbocycles. The summed E-state index contributed by atoms with van der Waals surface area (Å²) in [7, 11) is 1.72. The molecule has 2 rings (SSSR count). The third kappa shape index (κ3) is 2.67. The van der Waals surface area contributed by atoms with Crippen LogP contribution in [0.15, 0.2) is 24.4 Å². The molecule has 0 aliphatic rings. The summed E-state index contributed by atoms with van der Waals surface area (Å²) in [6, 6.07) is 6.21. The number of hydrogen-bond acceptors (Lipinski definition) is 1. The highest BCUT2D eigenvalue weighted by molar-refractivity contribution is 5.84. The van der Waals surface area contributed by atoms with Gasteiger partial charge in [0.1, 0.15) is 5.75 Å². The first kappa shape index (κ1) is 13.0. The molecule has 18 heavy (non-hydrogen) atoms. The van der Waals surface area contributed by atoms with Crippen molar-refractivity contribution in [2.45, 2.75) is 20.3 Å². The highest BCUT2D eigenvalue weighted by Crippen LogP contribution is 2.23. The summed E-state index contributed by atoms with van der Waals surface area (Å²) in [6.45, 7) is 8.08. The van der Waals surface area contributed by atoms with E-state index in [1.807, 2.05) is 6.07 Å². The van der Waals surface area contributed by atoms with Gasteiger partial charge in [-0.15, -0.1) is 0 Å². The Kier molecular flexibility index (Phi) is 4.26. The van der Waals surface area contributed by atoms with Crippen molar-refractivity contribution in [2.75, 3.05) is 26.7 Å². The number of aromatic nitrogens is 1. The summed E-state index contributed by atoms with van der Waals surface area (Å²) in [5, 5.41) is 1.29. The SMILES string of the molecule is CC[NH+](CC)CCc1c[nH]c2ccc(OC)cc12. The third-order valence-corrected chi connectivity index (χ3v) is 3.72. The van der Waals surface area contributed by atoms with Gasteiger partial charge in [-0.3, -0.25) is 0 Å². The number of hydrogen-bond donors (Lipinski definition) is 2. The van der Waals surface area contributed by atoms with Gasteiger partial charge in [0.05, 0.1) is 26.7 Å². The van der Waals surface area contributed by atoms with Crippen molar-refractivity contribution in [3.63, 3.8) is 0 Å².